The molecule has 0 radical (unpaired) electrons. The van der Waals surface area contributed by atoms with Crippen LogP contribution in [0.15, 0.2) is 33.1 Å². The minimum atomic E-state index is -2.96. The summed E-state index contributed by atoms with van der Waals surface area (Å²) in [5, 5.41) is 9.42. The number of fused-ring (bicyclic) bond motifs is 1. The second kappa shape index (κ2) is 6.42. The molecule has 0 N–H and O–H groups in total. The van der Waals surface area contributed by atoms with Gasteiger partial charge in [-0.3, -0.25) is 9.80 Å². The Labute approximate surface area is 151 Å². The smallest absolute Gasteiger partial charge is 0.198 e. The van der Waals surface area contributed by atoms with Crippen LogP contribution >= 0.6 is 11.8 Å². The van der Waals surface area contributed by atoms with Crippen molar-refractivity contribution in [3.05, 3.63) is 24.2 Å². The van der Waals surface area contributed by atoms with Crippen LogP contribution in [0.2, 0.25) is 0 Å². The number of piperazine rings is 1. The minimum Gasteiger partial charge on any atom is -0.453 e. The maximum Gasteiger partial charge on any atom is 0.198 e. The van der Waals surface area contributed by atoms with Gasteiger partial charge in [0.15, 0.2) is 20.1 Å². The zero-order valence-corrected chi connectivity index (χ0v) is 15.8. The molecule has 2 atom stereocenters. The molecule has 2 saturated heterocycles. The third-order valence-electron chi connectivity index (χ3n) is 4.93. The highest BCUT2D eigenvalue weighted by Gasteiger charge is 2.45. The van der Waals surface area contributed by atoms with E-state index in [2.05, 4.69) is 20.0 Å². The first-order valence-electron chi connectivity index (χ1n) is 8.16. The topological polar surface area (TPSA) is 84.5 Å². The molecule has 2 aromatic heterocycles. The van der Waals surface area contributed by atoms with Gasteiger partial charge in [0.05, 0.1) is 18.1 Å². The summed E-state index contributed by atoms with van der Waals surface area (Å²) in [6.45, 7) is 2.35. The Morgan fingerprint density at radius 1 is 1.24 bits per heavy atom. The number of likely N-dealkylation sites (N-methyl/N-ethyl adjacent to an activating group) is 1. The normalized spacial score (nSPS) is 26.8. The van der Waals surface area contributed by atoms with Gasteiger partial charge < -0.3 is 8.98 Å². The fourth-order valence-electron chi connectivity index (χ4n) is 3.55. The third kappa shape index (κ3) is 3.48. The number of hydrogen-bond acceptors (Lipinski definition) is 8. The standard InChI is InChI=1S/C15H21N5O3S2/c1-18-5-6-20(13-9-25(21,22)8-12(13)18)7-11-3-4-14(23-11)24-15-17-16-10-19(15)2/h3-4,10,12-13H,5-9H2,1-2H3/t12-,13+/m1/s1. The molecule has 0 amide bonds. The highest BCUT2D eigenvalue weighted by Crippen LogP contribution is 2.30. The van der Waals surface area contributed by atoms with Crippen molar-refractivity contribution in [3.8, 4) is 0 Å². The zero-order chi connectivity index (χ0) is 17.6. The van der Waals surface area contributed by atoms with Gasteiger partial charge in [-0.25, -0.2) is 8.42 Å². The zero-order valence-electron chi connectivity index (χ0n) is 14.2. The van der Waals surface area contributed by atoms with E-state index in [1.165, 1.54) is 11.8 Å². The second-order valence-electron chi connectivity index (χ2n) is 6.71. The van der Waals surface area contributed by atoms with Gasteiger partial charge in [-0.15, -0.1) is 10.2 Å². The summed E-state index contributed by atoms with van der Waals surface area (Å²) in [7, 11) is 0.941. The van der Waals surface area contributed by atoms with E-state index >= 15 is 0 Å². The van der Waals surface area contributed by atoms with Crippen LogP contribution in [0.1, 0.15) is 5.76 Å². The summed E-state index contributed by atoms with van der Waals surface area (Å²) in [6.07, 6.45) is 1.65. The number of sulfone groups is 1. The number of hydrogen-bond donors (Lipinski definition) is 0. The van der Waals surface area contributed by atoms with Crippen molar-refractivity contribution in [1.82, 2.24) is 24.6 Å². The molecule has 4 rings (SSSR count). The largest absolute Gasteiger partial charge is 0.453 e. The summed E-state index contributed by atoms with van der Waals surface area (Å²) >= 11 is 1.42. The van der Waals surface area contributed by atoms with Crippen LogP contribution in [0, 0.1) is 0 Å². The Hall–Kier alpha value is -1.36. The predicted octanol–water partition coefficient (Wildman–Crippen LogP) is 0.472. The van der Waals surface area contributed by atoms with Crippen molar-refractivity contribution in [3.63, 3.8) is 0 Å². The van der Waals surface area contributed by atoms with Crippen LogP contribution in [0.3, 0.4) is 0 Å². The van der Waals surface area contributed by atoms with E-state index in [4.69, 9.17) is 4.42 Å². The molecule has 2 aliphatic heterocycles. The minimum absolute atomic E-state index is 0.0451. The fourth-order valence-corrected chi connectivity index (χ4v) is 6.38. The molecule has 2 aromatic rings. The molecule has 0 bridgehead atoms. The maximum atomic E-state index is 12.1. The molecule has 4 heterocycles. The monoisotopic (exact) mass is 383 g/mol. The maximum absolute atomic E-state index is 12.1. The van der Waals surface area contributed by atoms with E-state index in [-0.39, 0.29) is 23.6 Å². The number of aryl methyl sites for hydroxylation is 1. The van der Waals surface area contributed by atoms with Gasteiger partial charge in [0.25, 0.3) is 0 Å². The summed E-state index contributed by atoms with van der Waals surface area (Å²) in [4.78, 5) is 4.41. The van der Waals surface area contributed by atoms with Gasteiger partial charge in [-0.05, 0) is 30.9 Å². The Morgan fingerprint density at radius 2 is 2.04 bits per heavy atom. The first kappa shape index (κ1) is 17.1. The van der Waals surface area contributed by atoms with Crippen molar-refractivity contribution in [2.45, 2.75) is 28.9 Å². The lowest BCUT2D eigenvalue weighted by molar-refractivity contribution is 0.0518. The summed E-state index contributed by atoms with van der Waals surface area (Å²) in [6, 6.07) is 4.01. The van der Waals surface area contributed by atoms with E-state index in [0.717, 1.165) is 29.1 Å². The van der Waals surface area contributed by atoms with E-state index < -0.39 is 9.84 Å². The quantitative estimate of drug-likeness (QED) is 0.753. The fraction of sp³-hybridized carbons (Fsp3) is 0.600. The number of aromatic nitrogens is 3. The number of rotatable bonds is 4. The lowest BCUT2D eigenvalue weighted by Crippen LogP contribution is -2.57. The Morgan fingerprint density at radius 3 is 2.80 bits per heavy atom. The van der Waals surface area contributed by atoms with Gasteiger partial charge in [0, 0.05) is 32.2 Å². The second-order valence-corrected chi connectivity index (χ2v) is 9.84. The Balaban J connectivity index is 1.46. The average molecular weight is 383 g/mol. The van der Waals surface area contributed by atoms with Gasteiger partial charge in [-0.2, -0.15) is 0 Å². The Bertz CT molecular complexity index is 862. The summed E-state index contributed by atoms with van der Waals surface area (Å²) in [5.41, 5.74) is 0. The van der Waals surface area contributed by atoms with Crippen molar-refractivity contribution >= 4 is 21.6 Å². The highest BCUT2D eigenvalue weighted by molar-refractivity contribution is 7.99. The lowest BCUT2D eigenvalue weighted by Gasteiger charge is -2.41. The molecular formula is C15H21N5O3S2. The van der Waals surface area contributed by atoms with Crippen molar-refractivity contribution in [2.75, 3.05) is 31.6 Å². The van der Waals surface area contributed by atoms with Gasteiger partial charge in [-0.1, -0.05) is 0 Å². The van der Waals surface area contributed by atoms with Crippen LogP contribution < -0.4 is 0 Å². The molecule has 0 aliphatic carbocycles. The molecule has 0 aromatic carbocycles. The van der Waals surface area contributed by atoms with E-state index in [9.17, 15) is 8.42 Å². The first-order valence-corrected chi connectivity index (χ1v) is 10.8. The van der Waals surface area contributed by atoms with Crippen LogP contribution in [0.5, 0.6) is 0 Å². The molecule has 2 fully saturated rings. The van der Waals surface area contributed by atoms with Crippen LogP contribution in [0.25, 0.3) is 0 Å². The molecule has 0 unspecified atom stereocenters. The molecular weight excluding hydrogens is 362 g/mol. The van der Waals surface area contributed by atoms with Crippen LogP contribution in [-0.4, -0.2) is 76.7 Å². The molecule has 2 aliphatic rings. The third-order valence-corrected chi connectivity index (χ3v) is 7.60. The van der Waals surface area contributed by atoms with Gasteiger partial charge in [0.1, 0.15) is 12.1 Å². The summed E-state index contributed by atoms with van der Waals surface area (Å²) in [5.74, 6) is 1.34. The van der Waals surface area contributed by atoms with Crippen LogP contribution in [0.4, 0.5) is 0 Å². The molecule has 0 spiro atoms. The summed E-state index contributed by atoms with van der Waals surface area (Å²) < 4.78 is 31.9. The van der Waals surface area contributed by atoms with Crippen LogP contribution in [-0.2, 0) is 23.4 Å². The molecule has 0 saturated carbocycles. The molecule has 136 valence electrons. The van der Waals surface area contributed by atoms with E-state index in [1.54, 1.807) is 6.33 Å². The number of nitrogens with zero attached hydrogens (tertiary/aromatic N) is 5. The number of furan rings is 1. The van der Waals surface area contributed by atoms with Gasteiger partial charge >= 0.3 is 0 Å². The van der Waals surface area contributed by atoms with Crippen molar-refractivity contribution in [1.29, 1.82) is 0 Å². The van der Waals surface area contributed by atoms with E-state index in [0.29, 0.717) is 6.54 Å². The van der Waals surface area contributed by atoms with E-state index in [1.807, 2.05) is 30.8 Å². The Kier molecular flexibility index (Phi) is 4.38. The molecule has 25 heavy (non-hydrogen) atoms. The lowest BCUT2D eigenvalue weighted by atomic mass is 10.1. The first-order chi connectivity index (χ1) is 11.9. The van der Waals surface area contributed by atoms with Gasteiger partial charge in [0.2, 0.25) is 0 Å². The molecule has 8 nitrogen and oxygen atoms in total. The highest BCUT2D eigenvalue weighted by atomic mass is 32.2. The van der Waals surface area contributed by atoms with Crippen molar-refractivity contribution < 1.29 is 12.8 Å². The average Bonchev–Trinajstić information content (AvgIpc) is 3.23. The predicted molar refractivity (Wildman–Crippen MR) is 93.1 cm³/mol. The molecule has 10 heteroatoms. The SMILES string of the molecule is CN1CCN(Cc2ccc(Sc3nncn3C)o2)[C@H]2CS(=O)(=O)C[C@H]21. The van der Waals surface area contributed by atoms with Crippen molar-refractivity contribution in [2.24, 2.45) is 7.05 Å².